The summed E-state index contributed by atoms with van der Waals surface area (Å²) in [6, 6.07) is 0. The number of hydrogen-bond donors (Lipinski definition) is 0. The van der Waals surface area contributed by atoms with Gasteiger partial charge in [-0.1, -0.05) is 156 Å². The first-order chi connectivity index (χ1) is 16.7. The van der Waals surface area contributed by atoms with E-state index >= 15 is 0 Å². The summed E-state index contributed by atoms with van der Waals surface area (Å²) < 4.78 is 25.0. The second-order valence-corrected chi connectivity index (χ2v) is 11.5. The summed E-state index contributed by atoms with van der Waals surface area (Å²) in [6.45, 7) is 9.02. The van der Waals surface area contributed by atoms with Crippen molar-refractivity contribution < 1.29 is 13.6 Å². The molecule has 4 heteroatoms. The largest absolute Gasteiger partial charge is 0.319 e. The first-order valence-corrected chi connectivity index (χ1v) is 16.8. The Morgan fingerprint density at radius 3 is 0.971 bits per heavy atom. The Morgan fingerprint density at radius 1 is 0.412 bits per heavy atom. The predicted octanol–water partition coefficient (Wildman–Crippen LogP) is 11.6. The van der Waals surface area contributed by atoms with E-state index in [-0.39, 0.29) is 12.2 Å². The zero-order valence-electron chi connectivity index (χ0n) is 23.9. The van der Waals surface area contributed by atoms with Gasteiger partial charge in [0.05, 0.1) is 12.2 Å². The fourth-order valence-corrected chi connectivity index (χ4v) is 5.80. The Hall–Kier alpha value is 0.150. The molecule has 0 aromatic heterocycles. The quantitative estimate of drug-likeness (QED) is 0.0788. The number of unbranched alkanes of at least 4 members (excludes halogenated alkanes) is 16. The molecular formula is C30H63O3P. The Bertz CT molecular complexity index is 380. The first kappa shape index (κ1) is 34.1. The van der Waals surface area contributed by atoms with Crippen molar-refractivity contribution in [1.82, 2.24) is 0 Å². The van der Waals surface area contributed by atoms with Gasteiger partial charge in [0.1, 0.15) is 0 Å². The molecule has 0 fully saturated rings. The molecule has 0 aromatic rings. The minimum Gasteiger partial charge on any atom is -0.307 e. The van der Waals surface area contributed by atoms with Crippen molar-refractivity contribution in [2.75, 3.05) is 0 Å². The van der Waals surface area contributed by atoms with Crippen molar-refractivity contribution >= 4 is 8.25 Å². The van der Waals surface area contributed by atoms with Gasteiger partial charge in [0, 0.05) is 0 Å². The third-order valence-electron chi connectivity index (χ3n) is 7.04. The molecule has 0 bridgehead atoms. The lowest BCUT2D eigenvalue weighted by atomic mass is 10.0. The molecule has 0 aliphatic heterocycles. The normalized spacial score (nSPS) is 14.4. The van der Waals surface area contributed by atoms with Crippen LogP contribution in [0.1, 0.15) is 182 Å². The summed E-state index contributed by atoms with van der Waals surface area (Å²) in [5.41, 5.74) is 0. The van der Waals surface area contributed by atoms with Crippen LogP contribution >= 0.6 is 8.25 Å². The highest BCUT2D eigenvalue weighted by Crippen LogP contribution is 2.34. The summed E-state index contributed by atoms with van der Waals surface area (Å²) in [6.07, 6.45) is 30.0. The minimum atomic E-state index is -2.42. The van der Waals surface area contributed by atoms with Crippen LogP contribution in [0.15, 0.2) is 0 Å². The molecule has 0 amide bonds. The third kappa shape index (κ3) is 23.9. The summed E-state index contributed by atoms with van der Waals surface area (Å²) in [5.74, 6) is 0. The van der Waals surface area contributed by atoms with Crippen LogP contribution in [0.4, 0.5) is 0 Å². The van der Waals surface area contributed by atoms with Crippen LogP contribution in [0.3, 0.4) is 0 Å². The van der Waals surface area contributed by atoms with Gasteiger partial charge in [0.2, 0.25) is 0 Å². The standard InChI is InChI=1S/C30H63O3P/c1-5-9-13-15-17-19-23-27-29(25-21-11-7-3)32-34(31)33-30(26-22-12-8-4)28-24-20-18-16-14-10-6-2/h29-30,34H,5-28H2,1-4H3. The molecule has 3 nitrogen and oxygen atoms in total. The minimum absolute atomic E-state index is 0.114. The molecule has 2 atom stereocenters. The number of rotatable bonds is 28. The number of hydrogen-bond acceptors (Lipinski definition) is 3. The van der Waals surface area contributed by atoms with Gasteiger partial charge in [-0.05, 0) is 25.7 Å². The SMILES string of the molecule is CCCCCCCCCC(CCCCC)O[PH](=O)OC(CCCCC)CCCCCCCCC. The van der Waals surface area contributed by atoms with E-state index in [2.05, 4.69) is 27.7 Å². The summed E-state index contributed by atoms with van der Waals surface area (Å²) in [4.78, 5) is 0. The van der Waals surface area contributed by atoms with Gasteiger partial charge in [-0.15, -0.1) is 0 Å². The lowest BCUT2D eigenvalue weighted by Gasteiger charge is -2.21. The van der Waals surface area contributed by atoms with E-state index in [0.717, 1.165) is 25.7 Å². The molecule has 0 aliphatic carbocycles. The third-order valence-corrected chi connectivity index (χ3v) is 8.10. The van der Waals surface area contributed by atoms with Crippen LogP contribution in [0.5, 0.6) is 0 Å². The highest BCUT2D eigenvalue weighted by Gasteiger charge is 2.17. The van der Waals surface area contributed by atoms with E-state index in [1.54, 1.807) is 0 Å². The smallest absolute Gasteiger partial charge is 0.307 e. The zero-order chi connectivity index (χ0) is 25.1. The Morgan fingerprint density at radius 2 is 0.647 bits per heavy atom. The Labute approximate surface area is 215 Å². The van der Waals surface area contributed by atoms with E-state index in [4.69, 9.17) is 9.05 Å². The van der Waals surface area contributed by atoms with Crippen molar-refractivity contribution in [3.05, 3.63) is 0 Å². The summed E-state index contributed by atoms with van der Waals surface area (Å²) >= 11 is 0. The van der Waals surface area contributed by atoms with Crippen LogP contribution < -0.4 is 0 Å². The highest BCUT2D eigenvalue weighted by atomic mass is 31.1. The van der Waals surface area contributed by atoms with E-state index < -0.39 is 8.25 Å². The maximum Gasteiger partial charge on any atom is 0.319 e. The van der Waals surface area contributed by atoms with Gasteiger partial charge in [-0.3, -0.25) is 4.57 Å². The molecule has 0 saturated carbocycles. The molecule has 0 aliphatic rings. The maximum atomic E-state index is 12.9. The predicted molar refractivity (Wildman–Crippen MR) is 152 cm³/mol. The van der Waals surface area contributed by atoms with Crippen LogP contribution in [0.2, 0.25) is 0 Å². The van der Waals surface area contributed by atoms with Gasteiger partial charge in [0.25, 0.3) is 0 Å². The molecule has 0 heterocycles. The van der Waals surface area contributed by atoms with E-state index in [1.165, 1.54) is 128 Å². The lowest BCUT2D eigenvalue weighted by molar-refractivity contribution is 0.106. The molecule has 0 radical (unpaired) electrons. The van der Waals surface area contributed by atoms with Gasteiger partial charge in [0.15, 0.2) is 0 Å². The molecule has 0 saturated heterocycles. The molecule has 0 spiro atoms. The second-order valence-electron chi connectivity index (χ2n) is 10.5. The van der Waals surface area contributed by atoms with Gasteiger partial charge in [-0.2, -0.15) is 0 Å². The van der Waals surface area contributed by atoms with Crippen molar-refractivity contribution in [2.45, 2.75) is 194 Å². The van der Waals surface area contributed by atoms with Gasteiger partial charge < -0.3 is 9.05 Å². The Balaban J connectivity index is 4.42. The molecule has 0 aromatic carbocycles. The molecule has 2 unspecified atom stereocenters. The average molecular weight is 503 g/mol. The van der Waals surface area contributed by atoms with Crippen LogP contribution in [0.25, 0.3) is 0 Å². The van der Waals surface area contributed by atoms with Gasteiger partial charge in [-0.25, -0.2) is 0 Å². The fourth-order valence-electron chi connectivity index (χ4n) is 4.73. The van der Waals surface area contributed by atoms with Crippen LogP contribution in [-0.4, -0.2) is 12.2 Å². The van der Waals surface area contributed by atoms with E-state index in [0.29, 0.717) is 0 Å². The lowest BCUT2D eigenvalue weighted by Crippen LogP contribution is -2.13. The molecule has 206 valence electrons. The Kier molecular flexibility index (Phi) is 27.9. The molecule has 34 heavy (non-hydrogen) atoms. The molecule has 0 N–H and O–H groups in total. The summed E-state index contributed by atoms with van der Waals surface area (Å²) in [7, 11) is -2.42. The van der Waals surface area contributed by atoms with E-state index in [1.807, 2.05) is 0 Å². The second kappa shape index (κ2) is 27.7. The monoisotopic (exact) mass is 502 g/mol. The fraction of sp³-hybridized carbons (Fsp3) is 1.00. The van der Waals surface area contributed by atoms with Crippen molar-refractivity contribution in [3.63, 3.8) is 0 Å². The van der Waals surface area contributed by atoms with Crippen LogP contribution in [0, 0.1) is 0 Å². The molecular weight excluding hydrogens is 439 g/mol. The summed E-state index contributed by atoms with van der Waals surface area (Å²) in [5, 5.41) is 0. The van der Waals surface area contributed by atoms with Crippen molar-refractivity contribution in [1.29, 1.82) is 0 Å². The topological polar surface area (TPSA) is 35.5 Å². The van der Waals surface area contributed by atoms with Gasteiger partial charge >= 0.3 is 8.25 Å². The van der Waals surface area contributed by atoms with Crippen molar-refractivity contribution in [3.8, 4) is 0 Å². The highest BCUT2D eigenvalue weighted by molar-refractivity contribution is 7.33. The average Bonchev–Trinajstić information content (AvgIpc) is 2.82. The van der Waals surface area contributed by atoms with E-state index in [9.17, 15) is 4.57 Å². The van der Waals surface area contributed by atoms with Crippen molar-refractivity contribution in [2.24, 2.45) is 0 Å². The first-order valence-electron chi connectivity index (χ1n) is 15.5. The van der Waals surface area contributed by atoms with Crippen LogP contribution in [-0.2, 0) is 13.6 Å². The zero-order valence-corrected chi connectivity index (χ0v) is 24.9. The maximum absolute atomic E-state index is 12.9. The molecule has 0 rings (SSSR count).